The van der Waals surface area contributed by atoms with Gasteiger partial charge in [-0.2, -0.15) is 0 Å². The molecule has 15 heavy (non-hydrogen) atoms. The van der Waals surface area contributed by atoms with E-state index in [0.717, 1.165) is 0 Å². The Balaban J connectivity index is 2.72. The molecule has 1 aromatic heterocycles. The molecule has 1 unspecified atom stereocenters. The standard InChI is InChI=1S/C9H13N3O2S/c10-8(11)7-2-1-3-12-9(7)15-5-6(14)4-13/h1-3,6,13-14H,4-5H2,(H3,10,11). The van der Waals surface area contributed by atoms with Crippen molar-refractivity contribution in [2.75, 3.05) is 12.4 Å². The summed E-state index contributed by atoms with van der Waals surface area (Å²) in [6.07, 6.45) is 0.817. The van der Waals surface area contributed by atoms with Crippen LogP contribution in [0.5, 0.6) is 0 Å². The third kappa shape index (κ3) is 3.50. The molecule has 0 radical (unpaired) electrons. The van der Waals surface area contributed by atoms with Gasteiger partial charge in [0.2, 0.25) is 0 Å². The molecule has 0 amide bonds. The summed E-state index contributed by atoms with van der Waals surface area (Å²) in [5, 5.41) is 25.7. The molecule has 0 spiro atoms. The number of nitrogen functional groups attached to an aromatic ring is 1. The van der Waals surface area contributed by atoms with E-state index >= 15 is 0 Å². The number of nitrogens with one attached hydrogen (secondary N) is 1. The molecule has 0 saturated carbocycles. The van der Waals surface area contributed by atoms with E-state index in [2.05, 4.69) is 4.98 Å². The first-order valence-electron chi connectivity index (χ1n) is 4.36. The average Bonchev–Trinajstić information content (AvgIpc) is 2.26. The van der Waals surface area contributed by atoms with Crippen LogP contribution in [-0.2, 0) is 0 Å². The largest absolute Gasteiger partial charge is 0.394 e. The maximum absolute atomic E-state index is 9.17. The first-order chi connectivity index (χ1) is 7.15. The lowest BCUT2D eigenvalue weighted by Crippen LogP contribution is -2.16. The zero-order valence-corrected chi connectivity index (χ0v) is 8.87. The van der Waals surface area contributed by atoms with Crippen molar-refractivity contribution in [1.29, 1.82) is 5.41 Å². The number of pyridine rings is 1. The van der Waals surface area contributed by atoms with E-state index in [1.807, 2.05) is 0 Å². The van der Waals surface area contributed by atoms with E-state index in [1.165, 1.54) is 11.8 Å². The van der Waals surface area contributed by atoms with Crippen LogP contribution in [0.2, 0.25) is 0 Å². The zero-order valence-electron chi connectivity index (χ0n) is 8.05. The number of hydrogen-bond acceptors (Lipinski definition) is 5. The fraction of sp³-hybridized carbons (Fsp3) is 0.333. The molecule has 1 atom stereocenters. The van der Waals surface area contributed by atoms with Gasteiger partial charge < -0.3 is 15.9 Å². The number of amidine groups is 1. The molecule has 82 valence electrons. The van der Waals surface area contributed by atoms with Crippen LogP contribution in [0.1, 0.15) is 5.56 Å². The quantitative estimate of drug-likeness (QED) is 0.317. The number of aliphatic hydroxyl groups is 2. The minimum absolute atomic E-state index is 0.0518. The highest BCUT2D eigenvalue weighted by Gasteiger charge is 2.09. The van der Waals surface area contributed by atoms with Gasteiger partial charge in [0.25, 0.3) is 0 Å². The van der Waals surface area contributed by atoms with Crippen LogP contribution in [0.3, 0.4) is 0 Å². The molecule has 0 saturated heterocycles. The highest BCUT2D eigenvalue weighted by molar-refractivity contribution is 7.99. The fourth-order valence-corrected chi connectivity index (χ4v) is 1.86. The van der Waals surface area contributed by atoms with Crippen LogP contribution >= 0.6 is 11.8 Å². The molecule has 6 heteroatoms. The second-order valence-electron chi connectivity index (χ2n) is 2.92. The molecule has 0 bridgehead atoms. The highest BCUT2D eigenvalue weighted by Crippen LogP contribution is 2.20. The Morgan fingerprint density at radius 1 is 1.67 bits per heavy atom. The third-order valence-electron chi connectivity index (χ3n) is 1.68. The summed E-state index contributed by atoms with van der Waals surface area (Å²) >= 11 is 1.27. The summed E-state index contributed by atoms with van der Waals surface area (Å²) in [4.78, 5) is 4.06. The lowest BCUT2D eigenvalue weighted by molar-refractivity contribution is 0.113. The Morgan fingerprint density at radius 2 is 2.40 bits per heavy atom. The second-order valence-corrected chi connectivity index (χ2v) is 3.93. The second kappa shape index (κ2) is 5.69. The van der Waals surface area contributed by atoms with Crippen molar-refractivity contribution < 1.29 is 10.2 Å². The number of rotatable bonds is 5. The van der Waals surface area contributed by atoms with Gasteiger partial charge in [-0.25, -0.2) is 4.98 Å². The van der Waals surface area contributed by atoms with E-state index in [9.17, 15) is 0 Å². The Hall–Kier alpha value is -1.11. The van der Waals surface area contributed by atoms with Gasteiger partial charge in [-0.3, -0.25) is 5.41 Å². The van der Waals surface area contributed by atoms with Gasteiger partial charge in [-0.05, 0) is 12.1 Å². The van der Waals surface area contributed by atoms with Crippen LogP contribution in [-0.4, -0.2) is 39.5 Å². The maximum Gasteiger partial charge on any atom is 0.125 e. The van der Waals surface area contributed by atoms with Gasteiger partial charge in [0.15, 0.2) is 0 Å². The summed E-state index contributed by atoms with van der Waals surface area (Å²) < 4.78 is 0. The van der Waals surface area contributed by atoms with Crippen molar-refractivity contribution in [3.05, 3.63) is 23.9 Å². The molecule has 0 aromatic carbocycles. The smallest absolute Gasteiger partial charge is 0.125 e. The van der Waals surface area contributed by atoms with E-state index in [0.29, 0.717) is 16.3 Å². The molecular weight excluding hydrogens is 214 g/mol. The number of aliphatic hydroxyl groups excluding tert-OH is 2. The van der Waals surface area contributed by atoms with Crippen LogP contribution in [0.15, 0.2) is 23.4 Å². The summed E-state index contributed by atoms with van der Waals surface area (Å²) in [6, 6.07) is 3.40. The molecule has 0 aliphatic rings. The monoisotopic (exact) mass is 227 g/mol. The minimum Gasteiger partial charge on any atom is -0.394 e. The number of nitrogens with zero attached hydrogens (tertiary/aromatic N) is 1. The zero-order chi connectivity index (χ0) is 11.3. The highest BCUT2D eigenvalue weighted by atomic mass is 32.2. The van der Waals surface area contributed by atoms with E-state index in [1.54, 1.807) is 18.3 Å². The Morgan fingerprint density at radius 3 is 3.00 bits per heavy atom. The van der Waals surface area contributed by atoms with Crippen LogP contribution in [0.4, 0.5) is 0 Å². The van der Waals surface area contributed by atoms with Gasteiger partial charge in [-0.15, -0.1) is 11.8 Å². The van der Waals surface area contributed by atoms with Crippen molar-refractivity contribution >= 4 is 17.6 Å². The number of thioether (sulfide) groups is 1. The van der Waals surface area contributed by atoms with Gasteiger partial charge in [0, 0.05) is 17.5 Å². The molecule has 5 N–H and O–H groups in total. The topological polar surface area (TPSA) is 103 Å². The van der Waals surface area contributed by atoms with Gasteiger partial charge >= 0.3 is 0 Å². The predicted molar refractivity (Wildman–Crippen MR) is 59.1 cm³/mol. The van der Waals surface area contributed by atoms with E-state index < -0.39 is 6.10 Å². The normalized spacial score (nSPS) is 12.4. The van der Waals surface area contributed by atoms with Crippen molar-refractivity contribution in [3.8, 4) is 0 Å². The minimum atomic E-state index is -0.781. The van der Waals surface area contributed by atoms with Crippen LogP contribution < -0.4 is 5.73 Å². The molecule has 5 nitrogen and oxygen atoms in total. The van der Waals surface area contributed by atoms with E-state index in [4.69, 9.17) is 21.4 Å². The Bertz CT molecular complexity index is 346. The molecule has 0 fully saturated rings. The summed E-state index contributed by atoms with van der Waals surface area (Å²) in [7, 11) is 0. The predicted octanol–water partition coefficient (Wildman–Crippen LogP) is -0.189. The maximum atomic E-state index is 9.17. The van der Waals surface area contributed by atoms with Crippen molar-refractivity contribution in [1.82, 2.24) is 4.98 Å². The van der Waals surface area contributed by atoms with Gasteiger partial charge in [0.05, 0.1) is 12.7 Å². The summed E-state index contributed by atoms with van der Waals surface area (Å²) in [5.74, 6) is 0.275. The number of nitrogens with two attached hydrogens (primary N) is 1. The molecule has 1 rings (SSSR count). The lowest BCUT2D eigenvalue weighted by atomic mass is 10.3. The van der Waals surface area contributed by atoms with Crippen molar-refractivity contribution in [2.24, 2.45) is 5.73 Å². The first kappa shape index (κ1) is 12.0. The van der Waals surface area contributed by atoms with Crippen molar-refractivity contribution in [2.45, 2.75) is 11.1 Å². The lowest BCUT2D eigenvalue weighted by Gasteiger charge is -2.08. The Labute approximate surface area is 91.8 Å². The fourth-order valence-electron chi connectivity index (χ4n) is 0.939. The summed E-state index contributed by atoms with van der Waals surface area (Å²) in [5.41, 5.74) is 5.92. The van der Waals surface area contributed by atoms with Crippen LogP contribution in [0.25, 0.3) is 0 Å². The average molecular weight is 227 g/mol. The van der Waals surface area contributed by atoms with Crippen molar-refractivity contribution in [3.63, 3.8) is 0 Å². The molecule has 0 aliphatic carbocycles. The van der Waals surface area contributed by atoms with Gasteiger partial charge in [-0.1, -0.05) is 0 Å². The first-order valence-corrected chi connectivity index (χ1v) is 5.35. The van der Waals surface area contributed by atoms with E-state index in [-0.39, 0.29) is 12.4 Å². The van der Waals surface area contributed by atoms with Gasteiger partial charge in [0.1, 0.15) is 10.9 Å². The SMILES string of the molecule is N=C(N)c1cccnc1SCC(O)CO. The van der Waals surface area contributed by atoms with Crippen LogP contribution in [0, 0.1) is 5.41 Å². The molecule has 0 aliphatic heterocycles. The molecular formula is C9H13N3O2S. The Kier molecular flexibility index (Phi) is 4.54. The summed E-state index contributed by atoms with van der Waals surface area (Å²) in [6.45, 7) is -0.283. The molecule has 1 aromatic rings. The number of aromatic nitrogens is 1. The molecule has 1 heterocycles. The third-order valence-corrected chi connectivity index (χ3v) is 2.83. The number of hydrogen-bond donors (Lipinski definition) is 4.